The van der Waals surface area contributed by atoms with Gasteiger partial charge in [0, 0.05) is 18.8 Å². The van der Waals surface area contributed by atoms with Crippen molar-refractivity contribution < 1.29 is 0 Å². The number of rotatable bonds is 7. The molecule has 0 saturated heterocycles. The monoisotopic (exact) mass is 328 g/mol. The van der Waals surface area contributed by atoms with Crippen molar-refractivity contribution in [1.82, 2.24) is 25.4 Å². The van der Waals surface area contributed by atoms with Gasteiger partial charge in [0.25, 0.3) is 0 Å². The minimum atomic E-state index is 0.380. The molecule has 1 unspecified atom stereocenters. The number of nitrogens with one attached hydrogen (secondary N) is 2. The summed E-state index contributed by atoms with van der Waals surface area (Å²) in [6.45, 7) is 7.24. The smallest absolute Gasteiger partial charge is 0.191 e. The Kier molecular flexibility index (Phi) is 6.78. The minimum absolute atomic E-state index is 0.380. The molecule has 0 aliphatic carbocycles. The van der Waals surface area contributed by atoms with Gasteiger partial charge in [-0.05, 0) is 37.8 Å². The molecule has 24 heavy (non-hydrogen) atoms. The van der Waals surface area contributed by atoms with Crippen LogP contribution in [0.15, 0.2) is 41.7 Å². The molecule has 2 N–H and O–H groups in total. The van der Waals surface area contributed by atoms with E-state index in [4.69, 9.17) is 0 Å². The maximum atomic E-state index is 4.29. The SMILES string of the molecule is CN=C(NCc1nncn1-c1ccccc1)NC(C)CCC(C)C. The number of nitrogens with zero attached hydrogens (tertiary/aromatic N) is 4. The topological polar surface area (TPSA) is 67.1 Å². The summed E-state index contributed by atoms with van der Waals surface area (Å²) in [7, 11) is 1.78. The zero-order valence-corrected chi connectivity index (χ0v) is 15.0. The number of hydrogen-bond acceptors (Lipinski definition) is 3. The Balaban J connectivity index is 1.92. The lowest BCUT2D eigenvalue weighted by Crippen LogP contribution is -2.42. The van der Waals surface area contributed by atoms with Crippen LogP contribution in [0, 0.1) is 5.92 Å². The van der Waals surface area contributed by atoms with Crippen LogP contribution in [-0.4, -0.2) is 33.8 Å². The average Bonchev–Trinajstić information content (AvgIpc) is 3.06. The van der Waals surface area contributed by atoms with Gasteiger partial charge in [0.15, 0.2) is 11.8 Å². The van der Waals surface area contributed by atoms with Gasteiger partial charge in [0.2, 0.25) is 0 Å². The van der Waals surface area contributed by atoms with Crippen molar-refractivity contribution in [2.24, 2.45) is 10.9 Å². The van der Waals surface area contributed by atoms with Crippen molar-refractivity contribution in [3.05, 3.63) is 42.5 Å². The molecule has 0 aliphatic rings. The van der Waals surface area contributed by atoms with E-state index in [0.717, 1.165) is 23.9 Å². The second kappa shape index (κ2) is 9.05. The average molecular weight is 328 g/mol. The van der Waals surface area contributed by atoms with E-state index in [2.05, 4.69) is 46.6 Å². The maximum Gasteiger partial charge on any atom is 0.191 e. The third-order valence-electron chi connectivity index (χ3n) is 3.85. The van der Waals surface area contributed by atoms with E-state index >= 15 is 0 Å². The molecular formula is C18H28N6. The van der Waals surface area contributed by atoms with E-state index in [9.17, 15) is 0 Å². The van der Waals surface area contributed by atoms with Gasteiger partial charge in [-0.25, -0.2) is 0 Å². The van der Waals surface area contributed by atoms with E-state index in [1.165, 1.54) is 6.42 Å². The summed E-state index contributed by atoms with van der Waals surface area (Å²) in [5, 5.41) is 15.0. The Hall–Kier alpha value is -2.37. The highest BCUT2D eigenvalue weighted by Crippen LogP contribution is 2.09. The molecule has 1 heterocycles. The van der Waals surface area contributed by atoms with Crippen LogP contribution in [0.1, 0.15) is 39.4 Å². The van der Waals surface area contributed by atoms with Gasteiger partial charge in [-0.2, -0.15) is 0 Å². The van der Waals surface area contributed by atoms with Crippen molar-refractivity contribution in [1.29, 1.82) is 0 Å². The van der Waals surface area contributed by atoms with Gasteiger partial charge in [-0.15, -0.1) is 10.2 Å². The molecule has 2 aromatic rings. The molecule has 6 heteroatoms. The van der Waals surface area contributed by atoms with Gasteiger partial charge in [-0.1, -0.05) is 32.0 Å². The first kappa shape index (κ1) is 18.0. The molecule has 130 valence electrons. The number of aliphatic imine (C=N–C) groups is 1. The largest absolute Gasteiger partial charge is 0.354 e. The summed E-state index contributed by atoms with van der Waals surface area (Å²) < 4.78 is 1.97. The zero-order chi connectivity index (χ0) is 17.4. The van der Waals surface area contributed by atoms with Gasteiger partial charge < -0.3 is 10.6 Å². The molecule has 0 fully saturated rings. The second-order valence-corrected chi connectivity index (χ2v) is 6.40. The molecule has 0 radical (unpaired) electrons. The highest BCUT2D eigenvalue weighted by Gasteiger charge is 2.09. The standard InChI is InChI=1S/C18H28N6/c1-14(2)10-11-15(3)22-18(19-4)20-12-17-23-21-13-24(17)16-8-6-5-7-9-16/h5-9,13-15H,10-12H2,1-4H3,(H2,19,20,22). The van der Waals surface area contributed by atoms with Crippen molar-refractivity contribution >= 4 is 5.96 Å². The van der Waals surface area contributed by atoms with Crippen LogP contribution in [0.4, 0.5) is 0 Å². The number of hydrogen-bond donors (Lipinski definition) is 2. The molecular weight excluding hydrogens is 300 g/mol. The van der Waals surface area contributed by atoms with Crippen LogP contribution < -0.4 is 10.6 Å². The van der Waals surface area contributed by atoms with Crippen LogP contribution in [-0.2, 0) is 6.54 Å². The van der Waals surface area contributed by atoms with Crippen LogP contribution in [0.2, 0.25) is 0 Å². The first-order valence-corrected chi connectivity index (χ1v) is 8.51. The summed E-state index contributed by atoms with van der Waals surface area (Å²) in [6.07, 6.45) is 4.06. The predicted octanol–water partition coefficient (Wildman–Crippen LogP) is 2.76. The molecule has 1 atom stereocenters. The fourth-order valence-corrected chi connectivity index (χ4v) is 2.43. The van der Waals surface area contributed by atoms with Gasteiger partial charge in [0.1, 0.15) is 6.33 Å². The quantitative estimate of drug-likeness (QED) is 0.606. The summed E-state index contributed by atoms with van der Waals surface area (Å²) in [4.78, 5) is 4.29. The van der Waals surface area contributed by atoms with Crippen molar-refractivity contribution in [3.8, 4) is 5.69 Å². The third-order valence-corrected chi connectivity index (χ3v) is 3.85. The van der Waals surface area contributed by atoms with Crippen molar-refractivity contribution in [3.63, 3.8) is 0 Å². The van der Waals surface area contributed by atoms with Crippen molar-refractivity contribution in [2.45, 2.75) is 46.2 Å². The number of benzene rings is 1. The van der Waals surface area contributed by atoms with E-state index in [0.29, 0.717) is 18.5 Å². The van der Waals surface area contributed by atoms with Gasteiger partial charge >= 0.3 is 0 Å². The van der Waals surface area contributed by atoms with Gasteiger partial charge in [-0.3, -0.25) is 9.56 Å². The summed E-state index contributed by atoms with van der Waals surface area (Å²) in [5.74, 6) is 2.35. The summed E-state index contributed by atoms with van der Waals surface area (Å²) >= 11 is 0. The minimum Gasteiger partial charge on any atom is -0.354 e. The van der Waals surface area contributed by atoms with E-state index in [1.54, 1.807) is 13.4 Å². The van der Waals surface area contributed by atoms with E-state index in [1.807, 2.05) is 34.9 Å². The fourth-order valence-electron chi connectivity index (χ4n) is 2.43. The van der Waals surface area contributed by atoms with Gasteiger partial charge in [0.05, 0.1) is 6.54 Å². The molecule has 6 nitrogen and oxygen atoms in total. The lowest BCUT2D eigenvalue weighted by Gasteiger charge is -2.18. The first-order valence-electron chi connectivity index (χ1n) is 8.51. The van der Waals surface area contributed by atoms with Crippen LogP contribution >= 0.6 is 0 Å². The van der Waals surface area contributed by atoms with Crippen LogP contribution in [0.5, 0.6) is 0 Å². The normalized spacial score (nSPS) is 13.1. The lowest BCUT2D eigenvalue weighted by atomic mass is 10.0. The molecule has 0 aliphatic heterocycles. The summed E-state index contributed by atoms with van der Waals surface area (Å²) in [5.41, 5.74) is 1.05. The van der Waals surface area contributed by atoms with Crippen molar-refractivity contribution in [2.75, 3.05) is 7.05 Å². The molecule has 0 spiro atoms. The van der Waals surface area contributed by atoms with Crippen LogP contribution in [0.25, 0.3) is 5.69 Å². The molecule has 0 amide bonds. The molecule has 1 aromatic heterocycles. The maximum absolute atomic E-state index is 4.29. The second-order valence-electron chi connectivity index (χ2n) is 6.40. The number of guanidine groups is 1. The summed E-state index contributed by atoms with van der Waals surface area (Å²) in [6, 6.07) is 10.5. The predicted molar refractivity (Wildman–Crippen MR) is 98.2 cm³/mol. The zero-order valence-electron chi connectivity index (χ0n) is 15.0. The molecule has 0 saturated carbocycles. The van der Waals surface area contributed by atoms with E-state index in [-0.39, 0.29) is 0 Å². The number of aromatic nitrogens is 3. The Morgan fingerprint density at radius 1 is 1.17 bits per heavy atom. The Labute approximate surface area is 144 Å². The third kappa shape index (κ3) is 5.37. The van der Waals surface area contributed by atoms with E-state index < -0.39 is 0 Å². The first-order chi connectivity index (χ1) is 11.6. The Bertz CT molecular complexity index is 632. The number of para-hydroxylation sites is 1. The molecule has 2 rings (SSSR count). The molecule has 0 bridgehead atoms. The lowest BCUT2D eigenvalue weighted by molar-refractivity contribution is 0.488. The van der Waals surface area contributed by atoms with Crippen LogP contribution in [0.3, 0.4) is 0 Å². The Morgan fingerprint density at radius 2 is 1.92 bits per heavy atom. The Morgan fingerprint density at radius 3 is 2.58 bits per heavy atom. The fraction of sp³-hybridized carbons (Fsp3) is 0.500. The molecule has 1 aromatic carbocycles. The highest BCUT2D eigenvalue weighted by atomic mass is 15.3. The highest BCUT2D eigenvalue weighted by molar-refractivity contribution is 5.79.